The first-order valence-corrected chi connectivity index (χ1v) is 8.36. The fourth-order valence-electron chi connectivity index (χ4n) is 3.00. The number of rotatable bonds is 2. The van der Waals surface area contributed by atoms with E-state index in [4.69, 9.17) is 18.0 Å². The molecule has 0 radical (unpaired) electrons. The molecule has 2 unspecified atom stereocenters. The van der Waals surface area contributed by atoms with E-state index in [2.05, 4.69) is 12.1 Å². The summed E-state index contributed by atoms with van der Waals surface area (Å²) in [7, 11) is 0. The number of carbonyl (C=O) groups excluding carboxylic acids is 1. The van der Waals surface area contributed by atoms with Crippen LogP contribution in [0.1, 0.15) is 24.3 Å². The molecular weight excluding hydrogens is 288 g/mol. The predicted octanol–water partition coefficient (Wildman–Crippen LogP) is 2.40. The van der Waals surface area contributed by atoms with Crippen molar-refractivity contribution in [3.63, 3.8) is 0 Å². The number of piperidine rings is 1. The number of nitrogens with two attached hydrogens (primary N) is 1. The summed E-state index contributed by atoms with van der Waals surface area (Å²) in [6, 6.07) is 8.22. The first kappa shape index (κ1) is 13.9. The van der Waals surface area contributed by atoms with Crippen LogP contribution >= 0.6 is 24.0 Å². The third-order valence-corrected chi connectivity index (χ3v) is 5.65. The molecule has 1 fully saturated rings. The van der Waals surface area contributed by atoms with Gasteiger partial charge in [-0.05, 0) is 24.5 Å². The van der Waals surface area contributed by atoms with Crippen molar-refractivity contribution in [3.8, 4) is 0 Å². The van der Waals surface area contributed by atoms with Gasteiger partial charge in [0, 0.05) is 29.7 Å². The maximum absolute atomic E-state index is 12.8. The zero-order valence-electron chi connectivity index (χ0n) is 11.2. The Morgan fingerprint density at radius 2 is 2.20 bits per heavy atom. The molecule has 2 atom stereocenters. The molecule has 1 aromatic rings. The van der Waals surface area contributed by atoms with E-state index in [1.165, 1.54) is 10.5 Å². The third kappa shape index (κ3) is 2.56. The van der Waals surface area contributed by atoms with Crippen molar-refractivity contribution in [2.75, 3.05) is 18.8 Å². The maximum Gasteiger partial charge on any atom is 0.231 e. The summed E-state index contributed by atoms with van der Waals surface area (Å²) in [6.07, 6.45) is 2.00. The van der Waals surface area contributed by atoms with Crippen molar-refractivity contribution in [3.05, 3.63) is 29.8 Å². The van der Waals surface area contributed by atoms with Gasteiger partial charge in [-0.25, -0.2) is 0 Å². The van der Waals surface area contributed by atoms with Gasteiger partial charge in [-0.1, -0.05) is 30.4 Å². The predicted molar refractivity (Wildman–Crippen MR) is 86.0 cm³/mol. The minimum absolute atomic E-state index is 0.00120. The number of thioether (sulfide) groups is 1. The molecule has 0 spiro atoms. The van der Waals surface area contributed by atoms with E-state index in [0.717, 1.165) is 25.1 Å². The summed E-state index contributed by atoms with van der Waals surface area (Å²) in [5, 5.41) is 0. The van der Waals surface area contributed by atoms with Crippen LogP contribution in [-0.2, 0) is 4.79 Å². The first-order valence-electron chi connectivity index (χ1n) is 6.96. The van der Waals surface area contributed by atoms with E-state index in [-0.39, 0.29) is 17.7 Å². The second kappa shape index (κ2) is 5.74. The van der Waals surface area contributed by atoms with Crippen LogP contribution in [0.3, 0.4) is 0 Å². The van der Waals surface area contributed by atoms with Crippen LogP contribution < -0.4 is 5.73 Å². The number of amides is 1. The number of hydrogen-bond acceptors (Lipinski definition) is 3. The highest BCUT2D eigenvalue weighted by Gasteiger charge is 2.34. The van der Waals surface area contributed by atoms with Gasteiger partial charge in [-0.2, -0.15) is 0 Å². The molecule has 2 aliphatic heterocycles. The van der Waals surface area contributed by atoms with Gasteiger partial charge < -0.3 is 10.6 Å². The highest BCUT2D eigenvalue weighted by atomic mass is 32.2. The van der Waals surface area contributed by atoms with E-state index in [9.17, 15) is 4.79 Å². The zero-order chi connectivity index (χ0) is 14.1. The van der Waals surface area contributed by atoms with Gasteiger partial charge in [0.2, 0.25) is 5.91 Å². The molecular formula is C15H18N2OS2. The van der Waals surface area contributed by atoms with Crippen LogP contribution in [0.2, 0.25) is 0 Å². The number of nitrogens with zero attached hydrogens (tertiary/aromatic N) is 1. The van der Waals surface area contributed by atoms with E-state index in [0.29, 0.717) is 11.5 Å². The van der Waals surface area contributed by atoms with Crippen LogP contribution in [-0.4, -0.2) is 34.6 Å². The summed E-state index contributed by atoms with van der Waals surface area (Å²) >= 11 is 6.87. The fourth-order valence-corrected chi connectivity index (χ4v) is 4.41. The zero-order valence-corrected chi connectivity index (χ0v) is 12.9. The Balaban J connectivity index is 1.75. The van der Waals surface area contributed by atoms with E-state index < -0.39 is 0 Å². The topological polar surface area (TPSA) is 46.3 Å². The summed E-state index contributed by atoms with van der Waals surface area (Å²) in [5.74, 6) is 1.28. The summed E-state index contributed by atoms with van der Waals surface area (Å²) in [5.41, 5.74) is 6.93. The van der Waals surface area contributed by atoms with Crippen molar-refractivity contribution in [2.24, 2.45) is 11.7 Å². The summed E-state index contributed by atoms with van der Waals surface area (Å²) < 4.78 is 0. The van der Waals surface area contributed by atoms with Crippen molar-refractivity contribution in [1.82, 2.24) is 4.90 Å². The maximum atomic E-state index is 12.8. The third-order valence-electron chi connectivity index (χ3n) is 4.13. The first-order chi connectivity index (χ1) is 9.66. The Labute approximate surface area is 128 Å². The smallest absolute Gasteiger partial charge is 0.231 e. The Bertz CT molecular complexity index is 546. The van der Waals surface area contributed by atoms with Crippen molar-refractivity contribution < 1.29 is 4.79 Å². The fraction of sp³-hybridized carbons (Fsp3) is 0.467. The van der Waals surface area contributed by atoms with Gasteiger partial charge in [0.05, 0.1) is 10.9 Å². The largest absolute Gasteiger partial charge is 0.393 e. The molecule has 0 aliphatic carbocycles. The Kier molecular flexibility index (Phi) is 3.98. The van der Waals surface area contributed by atoms with Gasteiger partial charge in [0.15, 0.2) is 0 Å². The molecule has 2 heterocycles. The standard InChI is InChI=1S/C15H18N2OS2/c16-14(19)10-4-3-7-17(8-10)15(18)12-9-20-13-6-2-1-5-11(12)13/h1-2,5-6,10,12H,3-4,7-9H2,(H2,16,19). The lowest BCUT2D eigenvalue weighted by atomic mass is 9.94. The van der Waals surface area contributed by atoms with Crippen molar-refractivity contribution in [1.29, 1.82) is 0 Å². The molecule has 3 nitrogen and oxygen atoms in total. The molecule has 1 aromatic carbocycles. The summed E-state index contributed by atoms with van der Waals surface area (Å²) in [6.45, 7) is 1.53. The van der Waals surface area contributed by atoms with Crippen molar-refractivity contribution in [2.45, 2.75) is 23.7 Å². The average molecular weight is 306 g/mol. The minimum atomic E-state index is 0.00120. The number of thiocarbonyl (C=S) groups is 1. The van der Waals surface area contributed by atoms with Gasteiger partial charge in [-0.15, -0.1) is 11.8 Å². The lowest BCUT2D eigenvalue weighted by Gasteiger charge is -2.34. The number of benzene rings is 1. The van der Waals surface area contributed by atoms with Crippen LogP contribution in [0.25, 0.3) is 0 Å². The van der Waals surface area contributed by atoms with E-state index in [1.54, 1.807) is 11.8 Å². The van der Waals surface area contributed by atoms with E-state index >= 15 is 0 Å². The number of likely N-dealkylation sites (tertiary alicyclic amines) is 1. The molecule has 2 aliphatic rings. The highest BCUT2D eigenvalue weighted by molar-refractivity contribution is 7.99. The molecule has 0 bridgehead atoms. The lowest BCUT2D eigenvalue weighted by molar-refractivity contribution is -0.133. The molecule has 3 rings (SSSR count). The molecule has 1 amide bonds. The van der Waals surface area contributed by atoms with Gasteiger partial charge in [0.1, 0.15) is 0 Å². The quantitative estimate of drug-likeness (QED) is 0.852. The molecule has 106 valence electrons. The van der Waals surface area contributed by atoms with Crippen molar-refractivity contribution >= 4 is 34.9 Å². The van der Waals surface area contributed by atoms with Crippen LogP contribution in [0, 0.1) is 5.92 Å². The number of carbonyl (C=O) groups is 1. The second-order valence-corrected chi connectivity index (χ2v) is 6.96. The Morgan fingerprint density at radius 3 is 3.00 bits per heavy atom. The average Bonchev–Trinajstić information content (AvgIpc) is 2.90. The Hall–Kier alpha value is -1.07. The molecule has 0 aromatic heterocycles. The van der Waals surface area contributed by atoms with Gasteiger partial charge >= 0.3 is 0 Å². The van der Waals surface area contributed by atoms with Crippen LogP contribution in [0.15, 0.2) is 29.2 Å². The molecule has 5 heteroatoms. The second-order valence-electron chi connectivity index (χ2n) is 5.43. The highest BCUT2D eigenvalue weighted by Crippen LogP contribution is 2.40. The number of fused-ring (bicyclic) bond motifs is 1. The molecule has 0 saturated carbocycles. The molecule has 2 N–H and O–H groups in total. The van der Waals surface area contributed by atoms with E-state index in [1.807, 2.05) is 17.0 Å². The SMILES string of the molecule is NC(=S)C1CCCN(C(=O)C2CSc3ccccc32)C1. The summed E-state index contributed by atoms with van der Waals surface area (Å²) in [4.78, 5) is 16.5. The minimum Gasteiger partial charge on any atom is -0.393 e. The van der Waals surface area contributed by atoms with Gasteiger partial charge in [-0.3, -0.25) is 4.79 Å². The number of hydrogen-bond donors (Lipinski definition) is 1. The monoisotopic (exact) mass is 306 g/mol. The van der Waals surface area contributed by atoms with Crippen LogP contribution in [0.4, 0.5) is 0 Å². The molecule has 20 heavy (non-hydrogen) atoms. The normalized spacial score (nSPS) is 25.3. The lowest BCUT2D eigenvalue weighted by Crippen LogP contribution is -2.45. The van der Waals surface area contributed by atoms with Gasteiger partial charge in [0.25, 0.3) is 0 Å². The van der Waals surface area contributed by atoms with Crippen LogP contribution in [0.5, 0.6) is 0 Å². The molecule has 1 saturated heterocycles. The Morgan fingerprint density at radius 1 is 1.40 bits per heavy atom.